The summed E-state index contributed by atoms with van der Waals surface area (Å²) in [4.78, 5) is 12.6. The van der Waals surface area contributed by atoms with Gasteiger partial charge < -0.3 is 4.74 Å². The Kier molecular flexibility index (Phi) is 4.32. The summed E-state index contributed by atoms with van der Waals surface area (Å²) in [6.45, 7) is 0. The molecule has 4 rings (SSSR count). The molecule has 0 spiro atoms. The van der Waals surface area contributed by atoms with E-state index in [0.29, 0.717) is 29.5 Å². The van der Waals surface area contributed by atoms with Gasteiger partial charge in [0.15, 0.2) is 28.9 Å². The molecule has 0 fully saturated rings. The summed E-state index contributed by atoms with van der Waals surface area (Å²) in [7, 11) is 1.81. The molecular weight excluding hydrogens is 350 g/mol. The van der Waals surface area contributed by atoms with Crippen LogP contribution in [0.25, 0.3) is 6.08 Å². The smallest absolute Gasteiger partial charge is 0.192 e. The second-order valence-electron chi connectivity index (χ2n) is 6.35. The molecular formula is C21H16F2N2O2. The van der Waals surface area contributed by atoms with Gasteiger partial charge in [-0.2, -0.15) is 5.10 Å². The zero-order valence-electron chi connectivity index (χ0n) is 14.6. The van der Waals surface area contributed by atoms with Crippen LogP contribution in [0.1, 0.15) is 28.0 Å². The van der Waals surface area contributed by atoms with E-state index in [-0.39, 0.29) is 17.3 Å². The number of ether oxygens (including phenoxy) is 1. The van der Waals surface area contributed by atoms with Crippen molar-refractivity contribution < 1.29 is 18.3 Å². The number of rotatable bonds is 3. The minimum Gasteiger partial charge on any atom is -0.451 e. The molecule has 0 aliphatic heterocycles. The van der Waals surface area contributed by atoms with Crippen molar-refractivity contribution >= 4 is 11.9 Å². The Hall–Kier alpha value is -3.28. The number of nitrogens with zero attached hydrogens (tertiary/aromatic N) is 2. The average molecular weight is 366 g/mol. The molecule has 0 N–H and O–H groups in total. The number of halogens is 2. The van der Waals surface area contributed by atoms with E-state index in [1.807, 2.05) is 7.05 Å². The predicted octanol–water partition coefficient (Wildman–Crippen LogP) is 4.70. The Balaban J connectivity index is 1.59. The minimum absolute atomic E-state index is 0.0472. The van der Waals surface area contributed by atoms with E-state index < -0.39 is 11.6 Å². The summed E-state index contributed by atoms with van der Waals surface area (Å²) >= 11 is 0. The van der Waals surface area contributed by atoms with E-state index in [2.05, 4.69) is 5.10 Å². The first-order chi connectivity index (χ1) is 13.0. The first kappa shape index (κ1) is 17.1. The first-order valence-electron chi connectivity index (χ1n) is 8.51. The van der Waals surface area contributed by atoms with Crippen LogP contribution in [0.3, 0.4) is 0 Å². The Morgan fingerprint density at radius 2 is 1.85 bits per heavy atom. The normalized spacial score (nSPS) is 15.1. The molecule has 0 bridgehead atoms. The fourth-order valence-corrected chi connectivity index (χ4v) is 3.16. The number of benzene rings is 2. The number of carbonyl (C=O) groups is 1. The number of ketones is 1. The molecule has 6 heteroatoms. The minimum atomic E-state index is -0.627. The van der Waals surface area contributed by atoms with Gasteiger partial charge in [0.05, 0.1) is 11.8 Å². The van der Waals surface area contributed by atoms with Crippen molar-refractivity contribution in [2.75, 3.05) is 0 Å². The Labute approximate surface area is 154 Å². The van der Waals surface area contributed by atoms with Gasteiger partial charge in [-0.1, -0.05) is 18.2 Å². The third-order valence-electron chi connectivity index (χ3n) is 4.58. The highest BCUT2D eigenvalue weighted by Crippen LogP contribution is 2.29. The predicted molar refractivity (Wildman–Crippen MR) is 96.7 cm³/mol. The standard InChI is InChI=1S/C21H16F2N2O2/c1-25-18-8-7-14(21(26)15(18)12-24-25)10-13-6-9-20(17(23)11-13)27-19-5-3-2-4-16(19)22/h2-6,9-12H,7-8H2,1H3/b14-10+. The number of aromatic nitrogens is 2. The van der Waals surface area contributed by atoms with E-state index in [9.17, 15) is 13.6 Å². The Morgan fingerprint density at radius 3 is 2.63 bits per heavy atom. The number of Topliss-reactive ketones (excluding diaryl/α,β-unsaturated/α-hetero) is 1. The van der Waals surface area contributed by atoms with Crippen LogP contribution >= 0.6 is 0 Å². The van der Waals surface area contributed by atoms with Gasteiger partial charge in [0, 0.05) is 18.3 Å². The number of aryl methyl sites for hydroxylation is 1. The SMILES string of the molecule is Cn1ncc2c1CC/C(=C\c1ccc(Oc3ccccc3F)c(F)c1)C2=O. The Morgan fingerprint density at radius 1 is 1.07 bits per heavy atom. The summed E-state index contributed by atoms with van der Waals surface area (Å²) in [5.74, 6) is -1.40. The number of hydrogen-bond acceptors (Lipinski definition) is 3. The molecule has 1 aromatic heterocycles. The maximum absolute atomic E-state index is 14.4. The molecule has 0 atom stereocenters. The number of hydrogen-bond donors (Lipinski definition) is 0. The molecule has 1 heterocycles. The third-order valence-corrected chi connectivity index (χ3v) is 4.58. The monoisotopic (exact) mass is 366 g/mol. The maximum Gasteiger partial charge on any atom is 0.192 e. The van der Waals surface area contributed by atoms with Crippen molar-refractivity contribution in [1.29, 1.82) is 0 Å². The van der Waals surface area contributed by atoms with Crippen molar-refractivity contribution in [3.63, 3.8) is 0 Å². The summed E-state index contributed by atoms with van der Waals surface area (Å²) in [6, 6.07) is 10.1. The second-order valence-corrected chi connectivity index (χ2v) is 6.35. The molecule has 1 aliphatic carbocycles. The van der Waals surface area contributed by atoms with Gasteiger partial charge in [-0.15, -0.1) is 0 Å². The molecule has 0 saturated heterocycles. The van der Waals surface area contributed by atoms with Crippen LogP contribution in [0.4, 0.5) is 8.78 Å². The molecule has 0 radical (unpaired) electrons. The average Bonchev–Trinajstić information content (AvgIpc) is 3.03. The van der Waals surface area contributed by atoms with E-state index in [0.717, 1.165) is 5.69 Å². The highest BCUT2D eigenvalue weighted by atomic mass is 19.1. The van der Waals surface area contributed by atoms with Crippen molar-refractivity contribution in [3.8, 4) is 11.5 Å². The van der Waals surface area contributed by atoms with Gasteiger partial charge in [0.1, 0.15) is 0 Å². The van der Waals surface area contributed by atoms with E-state index in [1.54, 1.807) is 29.1 Å². The molecule has 1 aliphatic rings. The zero-order valence-corrected chi connectivity index (χ0v) is 14.6. The molecule has 0 unspecified atom stereocenters. The maximum atomic E-state index is 14.4. The molecule has 0 saturated carbocycles. The number of fused-ring (bicyclic) bond motifs is 1. The second kappa shape index (κ2) is 6.79. The zero-order chi connectivity index (χ0) is 19.0. The van der Waals surface area contributed by atoms with Crippen LogP contribution < -0.4 is 4.74 Å². The van der Waals surface area contributed by atoms with Crippen molar-refractivity contribution in [2.45, 2.75) is 12.8 Å². The Bertz CT molecular complexity index is 1070. The topological polar surface area (TPSA) is 44.1 Å². The summed E-state index contributed by atoms with van der Waals surface area (Å²) in [6.07, 6.45) is 4.52. The van der Waals surface area contributed by atoms with Gasteiger partial charge in [-0.3, -0.25) is 9.48 Å². The molecule has 4 nitrogen and oxygen atoms in total. The summed E-state index contributed by atoms with van der Waals surface area (Å²) < 4.78 is 35.1. The van der Waals surface area contributed by atoms with Crippen molar-refractivity contribution in [3.05, 3.63) is 82.7 Å². The van der Waals surface area contributed by atoms with Crippen LogP contribution in [0.15, 0.2) is 54.2 Å². The lowest BCUT2D eigenvalue weighted by Crippen LogP contribution is -2.15. The van der Waals surface area contributed by atoms with Crippen LogP contribution in [-0.4, -0.2) is 15.6 Å². The highest BCUT2D eigenvalue weighted by molar-refractivity contribution is 6.12. The molecule has 136 valence electrons. The lowest BCUT2D eigenvalue weighted by atomic mass is 9.90. The van der Waals surface area contributed by atoms with Crippen LogP contribution in [0.5, 0.6) is 11.5 Å². The molecule has 27 heavy (non-hydrogen) atoms. The number of para-hydroxylation sites is 1. The fraction of sp³-hybridized carbons (Fsp3) is 0.143. The molecule has 3 aromatic rings. The van der Waals surface area contributed by atoms with Gasteiger partial charge in [0.2, 0.25) is 0 Å². The van der Waals surface area contributed by atoms with Crippen LogP contribution in [-0.2, 0) is 13.5 Å². The van der Waals surface area contributed by atoms with Gasteiger partial charge in [-0.25, -0.2) is 8.78 Å². The van der Waals surface area contributed by atoms with E-state index >= 15 is 0 Å². The largest absolute Gasteiger partial charge is 0.451 e. The third kappa shape index (κ3) is 3.26. The van der Waals surface area contributed by atoms with Gasteiger partial charge in [-0.05, 0) is 48.7 Å². The quantitative estimate of drug-likeness (QED) is 0.631. The first-order valence-corrected chi connectivity index (χ1v) is 8.51. The number of allylic oxidation sites excluding steroid dienone is 1. The van der Waals surface area contributed by atoms with Gasteiger partial charge >= 0.3 is 0 Å². The van der Waals surface area contributed by atoms with Gasteiger partial charge in [0.25, 0.3) is 0 Å². The lowest BCUT2D eigenvalue weighted by molar-refractivity contribution is 0.102. The summed E-state index contributed by atoms with van der Waals surface area (Å²) in [5.41, 5.74) is 2.66. The van der Waals surface area contributed by atoms with E-state index in [1.165, 1.54) is 30.3 Å². The van der Waals surface area contributed by atoms with Crippen molar-refractivity contribution in [1.82, 2.24) is 9.78 Å². The molecule has 2 aromatic carbocycles. The lowest BCUT2D eigenvalue weighted by Gasteiger charge is -2.15. The highest BCUT2D eigenvalue weighted by Gasteiger charge is 2.25. The number of carbonyl (C=O) groups excluding carboxylic acids is 1. The van der Waals surface area contributed by atoms with Crippen LogP contribution in [0, 0.1) is 11.6 Å². The van der Waals surface area contributed by atoms with Crippen LogP contribution in [0.2, 0.25) is 0 Å². The van der Waals surface area contributed by atoms with E-state index in [4.69, 9.17) is 4.74 Å². The molecule has 0 amide bonds. The van der Waals surface area contributed by atoms with Crippen molar-refractivity contribution in [2.24, 2.45) is 7.05 Å². The summed E-state index contributed by atoms with van der Waals surface area (Å²) in [5, 5.41) is 4.12. The fourth-order valence-electron chi connectivity index (χ4n) is 3.16.